The fourth-order valence-electron chi connectivity index (χ4n) is 4.35. The van der Waals surface area contributed by atoms with Crippen molar-refractivity contribution < 1.29 is 25.9 Å². The van der Waals surface area contributed by atoms with E-state index in [-0.39, 0.29) is 25.9 Å². The summed E-state index contributed by atoms with van der Waals surface area (Å²) in [4.78, 5) is 9.00. The quantitative estimate of drug-likeness (QED) is 0.132. The molecule has 0 fully saturated rings. The van der Waals surface area contributed by atoms with Crippen LogP contribution in [0.15, 0.2) is 91.3 Å². The van der Waals surface area contributed by atoms with Gasteiger partial charge in [0.2, 0.25) is 0 Å². The van der Waals surface area contributed by atoms with Crippen LogP contribution in [0.5, 0.6) is 0 Å². The molecule has 0 amide bonds. The number of hydrogen-bond acceptors (Lipinski definition) is 3. The summed E-state index contributed by atoms with van der Waals surface area (Å²) in [5.41, 5.74) is 4.60. The Hall–Kier alpha value is -2.70. The molecule has 1 radical (unpaired) electrons. The number of pyridine rings is 2. The molecule has 0 aliphatic rings. The minimum atomic E-state index is -1.72. The predicted octanol–water partition coefficient (Wildman–Crippen LogP) is 9.27. The smallest absolute Gasteiger partial charge is 0 e. The SMILES string of the molecule is [2H]C(C)(C)c1ccnc(-c2[c-]ccc3c2sc2c(F)cccc23)c1.[CH3][Ge]([CH3])([CH3])[c]1ccc(-c2[c-]cccc2)nc1.[Ir]. The second-order valence-corrected chi connectivity index (χ2v) is 22.4. The number of hydrogen-bond donors (Lipinski definition) is 0. The average molecular weight is 785 g/mol. The molecule has 3 aromatic carbocycles. The maximum Gasteiger partial charge on any atom is 0 e. The van der Waals surface area contributed by atoms with Crippen molar-refractivity contribution in [2.24, 2.45) is 0 Å². The zero-order valence-electron chi connectivity index (χ0n) is 24.2. The second-order valence-electron chi connectivity index (χ2n) is 10.7. The number of benzene rings is 3. The van der Waals surface area contributed by atoms with E-state index in [1.54, 1.807) is 12.3 Å². The molecular formula is C34H31FGeIrN2S-2. The summed E-state index contributed by atoms with van der Waals surface area (Å²) in [6.45, 7) is 3.70. The molecule has 0 saturated heterocycles. The van der Waals surface area contributed by atoms with Gasteiger partial charge >= 0.3 is 99.8 Å². The van der Waals surface area contributed by atoms with Gasteiger partial charge in [-0.1, -0.05) is 43.0 Å². The van der Waals surface area contributed by atoms with E-state index in [0.29, 0.717) is 4.70 Å². The molecule has 6 aromatic rings. The molecule has 0 spiro atoms. The van der Waals surface area contributed by atoms with E-state index >= 15 is 0 Å². The zero-order chi connectivity index (χ0) is 28.5. The Labute approximate surface area is 257 Å². The monoisotopic (exact) mass is 786 g/mol. The maximum absolute atomic E-state index is 14.1. The zero-order valence-corrected chi connectivity index (χ0v) is 28.5. The number of halogens is 1. The van der Waals surface area contributed by atoms with E-state index in [4.69, 9.17) is 1.37 Å². The van der Waals surface area contributed by atoms with E-state index in [9.17, 15) is 4.39 Å². The molecule has 0 aliphatic heterocycles. The van der Waals surface area contributed by atoms with Gasteiger partial charge in [0.05, 0.1) is 4.70 Å². The predicted molar refractivity (Wildman–Crippen MR) is 167 cm³/mol. The van der Waals surface area contributed by atoms with Crippen LogP contribution in [0.4, 0.5) is 4.39 Å². The van der Waals surface area contributed by atoms with Crippen molar-refractivity contribution >= 4 is 49.2 Å². The molecule has 3 heterocycles. The molecule has 6 heteroatoms. The first kappa shape index (κ1) is 28.8. The van der Waals surface area contributed by atoms with E-state index in [0.717, 1.165) is 43.6 Å². The number of thiophene rings is 1. The molecule has 0 saturated carbocycles. The molecule has 3 aromatic heterocycles. The van der Waals surface area contributed by atoms with Gasteiger partial charge in [-0.3, -0.25) is 0 Å². The standard InChI is InChI=1S/C20H15FNS.C14H16GeN.Ir/c1-12(2)13-9-10-22-18(11-13)16-7-3-5-14-15-6-4-8-17(21)20(15)23-19(14)16;1-15(2,3)13-9-10-14(16-11-13)12-7-5-4-6-8-12;/h3-6,8-12H,1-2H3;4-7,9-11H,1-3H3;/q2*-1;/i12D;;. The molecule has 6 rings (SSSR count). The molecule has 40 heavy (non-hydrogen) atoms. The van der Waals surface area contributed by atoms with E-state index in [1.165, 1.54) is 21.8 Å². The third-order valence-electron chi connectivity index (χ3n) is 6.62. The van der Waals surface area contributed by atoms with Crippen LogP contribution in [0.3, 0.4) is 0 Å². The minimum Gasteiger partial charge on any atom is 0 e. The number of fused-ring (bicyclic) bond motifs is 3. The topological polar surface area (TPSA) is 25.8 Å². The normalized spacial score (nSPS) is 11.9. The molecule has 0 N–H and O–H groups in total. The van der Waals surface area contributed by atoms with E-state index in [1.807, 2.05) is 74.6 Å². The van der Waals surface area contributed by atoms with Crippen LogP contribution >= 0.6 is 11.3 Å². The Morgan fingerprint density at radius 1 is 0.850 bits per heavy atom. The Kier molecular flexibility index (Phi) is 9.27. The van der Waals surface area contributed by atoms with Gasteiger partial charge in [-0.2, -0.15) is 11.3 Å². The van der Waals surface area contributed by atoms with Gasteiger partial charge in [-0.15, -0.1) is 23.8 Å². The largest absolute Gasteiger partial charge is 0 e. The third kappa shape index (κ3) is 6.61. The molecule has 0 unspecified atom stereocenters. The number of rotatable bonds is 4. The van der Waals surface area contributed by atoms with Crippen LogP contribution in [-0.4, -0.2) is 23.2 Å². The average Bonchev–Trinajstić information content (AvgIpc) is 3.34. The van der Waals surface area contributed by atoms with Gasteiger partial charge in [-0.25, -0.2) is 4.39 Å². The summed E-state index contributed by atoms with van der Waals surface area (Å²) in [6, 6.07) is 31.5. The Balaban J connectivity index is 0.000000200. The van der Waals surface area contributed by atoms with Crippen molar-refractivity contribution in [2.75, 3.05) is 0 Å². The van der Waals surface area contributed by atoms with Gasteiger partial charge in [0, 0.05) is 27.7 Å². The van der Waals surface area contributed by atoms with E-state index in [2.05, 4.69) is 51.5 Å². The molecule has 0 bridgehead atoms. The van der Waals surface area contributed by atoms with Crippen molar-refractivity contribution in [3.05, 3.63) is 115 Å². The fraction of sp³-hybridized carbons (Fsp3) is 0.176. The van der Waals surface area contributed by atoms with Gasteiger partial charge in [-0.05, 0) is 33.8 Å². The fourth-order valence-corrected chi connectivity index (χ4v) is 7.73. The van der Waals surface area contributed by atoms with Crippen LogP contribution < -0.4 is 4.40 Å². The van der Waals surface area contributed by atoms with Gasteiger partial charge in [0.25, 0.3) is 0 Å². The van der Waals surface area contributed by atoms with Crippen LogP contribution in [0.25, 0.3) is 42.7 Å². The van der Waals surface area contributed by atoms with E-state index < -0.39 is 19.2 Å². The van der Waals surface area contributed by atoms with Gasteiger partial charge in [0.1, 0.15) is 5.82 Å². The first-order chi connectivity index (χ1) is 19.0. The number of nitrogens with zero attached hydrogens (tertiary/aromatic N) is 2. The van der Waals surface area contributed by atoms with Gasteiger partial charge in [0.15, 0.2) is 0 Å². The second kappa shape index (κ2) is 12.9. The third-order valence-corrected chi connectivity index (χ3v) is 12.1. The van der Waals surface area contributed by atoms with Crippen molar-refractivity contribution in [1.29, 1.82) is 0 Å². The number of aromatic nitrogens is 2. The van der Waals surface area contributed by atoms with Crippen molar-refractivity contribution in [3.63, 3.8) is 0 Å². The summed E-state index contributed by atoms with van der Waals surface area (Å²) in [7, 11) is 0. The van der Waals surface area contributed by atoms with Crippen LogP contribution in [0, 0.1) is 17.9 Å². The molecule has 0 aliphatic carbocycles. The molecule has 0 atom stereocenters. The summed E-state index contributed by atoms with van der Waals surface area (Å²) in [5.74, 6) is 6.24. The van der Waals surface area contributed by atoms with Crippen LogP contribution in [0.2, 0.25) is 17.3 Å². The molecule has 2 nitrogen and oxygen atoms in total. The van der Waals surface area contributed by atoms with Crippen LogP contribution in [0.1, 0.15) is 26.7 Å². The summed E-state index contributed by atoms with van der Waals surface area (Å²) >= 11 is -0.286. The molecule has 205 valence electrons. The summed E-state index contributed by atoms with van der Waals surface area (Å²) < 4.78 is 25.4. The first-order valence-electron chi connectivity index (χ1n) is 13.4. The first-order valence-corrected chi connectivity index (χ1v) is 21.1. The Morgan fingerprint density at radius 3 is 2.33 bits per heavy atom. The van der Waals surface area contributed by atoms with Crippen molar-refractivity contribution in [1.82, 2.24) is 9.97 Å². The Morgan fingerprint density at radius 2 is 1.65 bits per heavy atom. The Bertz CT molecular complexity index is 1780. The van der Waals surface area contributed by atoms with Gasteiger partial charge < -0.3 is 4.98 Å². The minimum absolute atomic E-state index is 0. The van der Waals surface area contributed by atoms with Crippen molar-refractivity contribution in [3.8, 4) is 22.5 Å². The van der Waals surface area contributed by atoms with Crippen molar-refractivity contribution in [2.45, 2.75) is 37.0 Å². The van der Waals surface area contributed by atoms with Crippen LogP contribution in [-0.2, 0) is 20.1 Å². The molecular weight excluding hydrogens is 752 g/mol. The summed E-state index contributed by atoms with van der Waals surface area (Å²) in [6.07, 6.45) is 3.76. The maximum atomic E-state index is 14.1. The summed E-state index contributed by atoms with van der Waals surface area (Å²) in [5, 5.41) is 1.93.